The third-order valence-corrected chi connectivity index (χ3v) is 6.42. The molecular formula is C20H28N10O8. The first kappa shape index (κ1) is 27.2. The van der Waals surface area contributed by atoms with Crippen molar-refractivity contribution in [2.24, 2.45) is 0 Å². The van der Waals surface area contributed by atoms with Crippen LogP contribution in [-0.4, -0.2) is 77.5 Å². The lowest BCUT2D eigenvalue weighted by molar-refractivity contribution is -0.385. The summed E-state index contributed by atoms with van der Waals surface area (Å²) in [5, 5.41) is 49.4. The summed E-state index contributed by atoms with van der Waals surface area (Å²) in [4.78, 5) is 37.1. The number of hydrogen-bond acceptors (Lipinski definition) is 16. The Morgan fingerprint density at radius 3 is 2.32 bits per heavy atom. The minimum atomic E-state index is -1.42. The van der Waals surface area contributed by atoms with Crippen LogP contribution in [-0.2, 0) is 9.47 Å². The number of nitrogen functional groups attached to an aromatic ring is 2. The third-order valence-electron chi connectivity index (χ3n) is 6.42. The van der Waals surface area contributed by atoms with Crippen LogP contribution in [0.25, 0.3) is 0 Å². The number of nitrogens with two attached hydrogens (primary N) is 2. The van der Waals surface area contributed by atoms with E-state index >= 15 is 0 Å². The van der Waals surface area contributed by atoms with Gasteiger partial charge in [0.2, 0.25) is 17.5 Å². The van der Waals surface area contributed by atoms with E-state index in [0.717, 1.165) is 12.7 Å². The molecule has 2 aromatic rings. The average molecular weight is 537 g/mol. The maximum atomic E-state index is 11.8. The van der Waals surface area contributed by atoms with Gasteiger partial charge in [-0.1, -0.05) is 0 Å². The highest BCUT2D eigenvalue weighted by atomic mass is 16.6. The van der Waals surface area contributed by atoms with Crippen LogP contribution < -0.4 is 22.1 Å². The van der Waals surface area contributed by atoms with Crippen LogP contribution in [0.4, 0.5) is 28.8 Å². The van der Waals surface area contributed by atoms with Gasteiger partial charge in [0.05, 0.1) is 28.0 Å². The third kappa shape index (κ3) is 5.83. The number of aliphatic hydroxyl groups excluding tert-OH is 2. The van der Waals surface area contributed by atoms with E-state index in [9.17, 15) is 25.3 Å². The second kappa shape index (κ2) is 11.7. The van der Waals surface area contributed by atoms with E-state index in [1.807, 2.05) is 0 Å². The van der Waals surface area contributed by atoms with Gasteiger partial charge in [0.1, 0.15) is 37.0 Å². The molecule has 6 atom stereocenters. The fourth-order valence-electron chi connectivity index (χ4n) is 4.71. The molecule has 4 heterocycles. The predicted molar refractivity (Wildman–Crippen MR) is 129 cm³/mol. The van der Waals surface area contributed by atoms with Crippen molar-refractivity contribution in [2.45, 2.75) is 68.9 Å². The van der Waals surface area contributed by atoms with Gasteiger partial charge in [0, 0.05) is 6.61 Å². The number of aromatic nitrogens is 4. The number of hydrogen-bond donors (Lipinski definition) is 6. The number of nitrogens with one attached hydrogen (secondary N) is 2. The lowest BCUT2D eigenvalue weighted by Crippen LogP contribution is -2.46. The highest BCUT2D eigenvalue weighted by Gasteiger charge is 2.43. The number of nitrogens with zero attached hydrogens (tertiary/aromatic N) is 6. The molecule has 206 valence electrons. The van der Waals surface area contributed by atoms with E-state index in [1.54, 1.807) is 0 Å². The number of aliphatic hydroxyl groups is 2. The van der Waals surface area contributed by atoms with Gasteiger partial charge < -0.3 is 36.5 Å². The Labute approximate surface area is 215 Å². The maximum Gasteiger partial charge on any atom is 0.353 e. The monoisotopic (exact) mass is 536 g/mol. The minimum absolute atomic E-state index is 0.0462. The second-order valence-electron chi connectivity index (χ2n) is 8.82. The fourth-order valence-corrected chi connectivity index (χ4v) is 4.71. The average Bonchev–Trinajstić information content (AvgIpc) is 3.48. The predicted octanol–water partition coefficient (Wildman–Crippen LogP) is -0.256. The molecule has 2 aliphatic rings. The van der Waals surface area contributed by atoms with Crippen LogP contribution in [0.2, 0.25) is 0 Å². The first-order chi connectivity index (χ1) is 18.2. The number of ether oxygens (including phenoxy) is 2. The van der Waals surface area contributed by atoms with Crippen LogP contribution >= 0.6 is 0 Å². The molecule has 0 amide bonds. The van der Waals surface area contributed by atoms with Gasteiger partial charge in [-0.3, -0.25) is 25.5 Å². The van der Waals surface area contributed by atoms with Crippen molar-refractivity contribution in [1.29, 1.82) is 0 Å². The summed E-state index contributed by atoms with van der Waals surface area (Å²) < 4.78 is 11.8. The molecule has 2 saturated heterocycles. The van der Waals surface area contributed by atoms with Crippen molar-refractivity contribution in [2.75, 3.05) is 23.4 Å². The van der Waals surface area contributed by atoms with Gasteiger partial charge in [-0.05, 0) is 32.1 Å². The quantitative estimate of drug-likeness (QED) is 0.123. The van der Waals surface area contributed by atoms with E-state index < -0.39 is 51.9 Å². The molecule has 0 spiro atoms. The van der Waals surface area contributed by atoms with E-state index in [2.05, 4.69) is 30.6 Å². The standard InChI is InChI=1S/C20H28N10O8/c21-17-15(29(33)34)14(23-7-24-17)13(20(32)28-12-3-1-9(37-12)5-6-31)10-2-4-11(38-10)27-19-16(30(35)36)18(22)25-8-26-19/h7-13,20,28,31-32H,1-6H2,(H2,21,23,24)(H3,22,25,26,27). The highest BCUT2D eigenvalue weighted by Crippen LogP contribution is 2.39. The van der Waals surface area contributed by atoms with Crippen LogP contribution in [0.1, 0.15) is 43.7 Å². The zero-order valence-electron chi connectivity index (χ0n) is 20.0. The Morgan fingerprint density at radius 2 is 1.63 bits per heavy atom. The van der Waals surface area contributed by atoms with Gasteiger partial charge in [-0.25, -0.2) is 19.9 Å². The van der Waals surface area contributed by atoms with E-state index in [0.29, 0.717) is 25.7 Å². The zero-order valence-corrected chi connectivity index (χ0v) is 20.0. The summed E-state index contributed by atoms with van der Waals surface area (Å²) in [6, 6.07) is 0. The van der Waals surface area contributed by atoms with Crippen LogP contribution in [0.5, 0.6) is 0 Å². The molecule has 6 unspecified atom stereocenters. The molecule has 0 aromatic carbocycles. The topological polar surface area (TPSA) is 273 Å². The molecule has 2 aromatic heterocycles. The Bertz CT molecular complexity index is 1170. The van der Waals surface area contributed by atoms with Crippen molar-refractivity contribution in [3.05, 3.63) is 38.6 Å². The molecule has 0 bridgehead atoms. The van der Waals surface area contributed by atoms with Crippen molar-refractivity contribution in [3.8, 4) is 0 Å². The summed E-state index contributed by atoms with van der Waals surface area (Å²) in [5.74, 6) is -1.96. The minimum Gasteiger partial charge on any atom is -0.396 e. The Balaban J connectivity index is 1.58. The highest BCUT2D eigenvalue weighted by molar-refractivity contribution is 5.67. The van der Waals surface area contributed by atoms with Crippen LogP contribution in [0, 0.1) is 20.2 Å². The Morgan fingerprint density at radius 1 is 0.974 bits per heavy atom. The molecule has 2 aliphatic heterocycles. The van der Waals surface area contributed by atoms with Crippen LogP contribution in [0.3, 0.4) is 0 Å². The number of rotatable bonds is 11. The fraction of sp³-hybridized carbons (Fsp3) is 0.600. The van der Waals surface area contributed by atoms with Gasteiger partial charge in [0.25, 0.3) is 0 Å². The molecule has 0 radical (unpaired) electrons. The summed E-state index contributed by atoms with van der Waals surface area (Å²) in [6.45, 7) is -0.0462. The van der Waals surface area contributed by atoms with Gasteiger partial charge in [0.15, 0.2) is 0 Å². The molecule has 18 nitrogen and oxygen atoms in total. The summed E-state index contributed by atoms with van der Waals surface area (Å²) in [5.41, 5.74) is 10.2. The normalized spacial score (nSPS) is 24.7. The van der Waals surface area contributed by atoms with Crippen molar-refractivity contribution >= 4 is 28.8 Å². The molecule has 38 heavy (non-hydrogen) atoms. The Kier molecular flexibility index (Phi) is 8.37. The van der Waals surface area contributed by atoms with Gasteiger partial charge in [-0.15, -0.1) is 0 Å². The van der Waals surface area contributed by atoms with Crippen molar-refractivity contribution in [1.82, 2.24) is 25.3 Å². The molecule has 4 rings (SSSR count). The van der Waals surface area contributed by atoms with Gasteiger partial charge >= 0.3 is 11.4 Å². The van der Waals surface area contributed by atoms with Gasteiger partial charge in [-0.2, -0.15) is 0 Å². The molecule has 0 saturated carbocycles. The largest absolute Gasteiger partial charge is 0.396 e. The number of anilines is 3. The smallest absolute Gasteiger partial charge is 0.353 e. The zero-order chi connectivity index (χ0) is 27.4. The number of nitro groups is 2. The molecule has 18 heteroatoms. The summed E-state index contributed by atoms with van der Waals surface area (Å²) in [6.07, 6.45) is 0.498. The first-order valence-corrected chi connectivity index (χ1v) is 11.8. The lowest BCUT2D eigenvalue weighted by atomic mass is 9.92. The molecular weight excluding hydrogens is 508 g/mol. The van der Waals surface area contributed by atoms with E-state index in [-0.39, 0.29) is 42.3 Å². The SMILES string of the molecule is Nc1ncnc(NC2CCC(C(c3ncnc(N)c3[N+](=O)[O-])C(O)NC3CCC(CCO)O3)O2)c1[N+](=O)[O-]. The molecule has 2 fully saturated rings. The Hall–Kier alpha value is -3.84. The van der Waals surface area contributed by atoms with E-state index in [1.165, 1.54) is 0 Å². The summed E-state index contributed by atoms with van der Waals surface area (Å²) >= 11 is 0. The lowest BCUT2D eigenvalue weighted by Gasteiger charge is -2.30. The van der Waals surface area contributed by atoms with Crippen molar-refractivity contribution < 1.29 is 29.5 Å². The maximum absolute atomic E-state index is 11.8. The second-order valence-corrected chi connectivity index (χ2v) is 8.82. The summed E-state index contributed by atoms with van der Waals surface area (Å²) in [7, 11) is 0. The molecule has 0 aliphatic carbocycles. The molecule has 8 N–H and O–H groups in total. The van der Waals surface area contributed by atoms with Crippen LogP contribution in [0.15, 0.2) is 12.7 Å². The van der Waals surface area contributed by atoms with E-state index in [4.69, 9.17) is 26.0 Å². The first-order valence-electron chi connectivity index (χ1n) is 11.8. The van der Waals surface area contributed by atoms with Crippen molar-refractivity contribution in [3.63, 3.8) is 0 Å².